The molecule has 1 aromatic heterocycles. The van der Waals surface area contributed by atoms with Crippen LogP contribution in [0.15, 0.2) is 24.3 Å². The summed E-state index contributed by atoms with van der Waals surface area (Å²) in [6.45, 7) is 0.127. The minimum atomic E-state index is -0.374. The number of amides is 4. The number of fused-ring (bicyclic) bond motifs is 8. The van der Waals surface area contributed by atoms with Gasteiger partial charge in [0.25, 0.3) is 11.8 Å². The first-order valence-corrected chi connectivity index (χ1v) is 9.83. The second-order valence-corrected chi connectivity index (χ2v) is 7.87. The fraction of sp³-hybridized carbons (Fsp3) is 0.273. The van der Waals surface area contributed by atoms with Crippen LogP contribution in [0.2, 0.25) is 0 Å². The van der Waals surface area contributed by atoms with Crippen molar-refractivity contribution >= 4 is 45.4 Å². The van der Waals surface area contributed by atoms with Crippen LogP contribution in [0, 0.1) is 0 Å². The molecule has 7 heteroatoms. The molecule has 7 nitrogen and oxygen atoms in total. The first-order valence-electron chi connectivity index (χ1n) is 9.83. The molecule has 0 saturated carbocycles. The summed E-state index contributed by atoms with van der Waals surface area (Å²) in [5, 5.41) is 4.07. The third kappa shape index (κ3) is 2.02. The number of hydrogen-bond donors (Lipinski definition) is 1. The van der Waals surface area contributed by atoms with Gasteiger partial charge in [-0.1, -0.05) is 18.2 Å². The van der Waals surface area contributed by atoms with Crippen molar-refractivity contribution in [2.24, 2.45) is 0 Å². The zero-order valence-corrected chi connectivity index (χ0v) is 15.6. The van der Waals surface area contributed by atoms with Gasteiger partial charge in [0.2, 0.25) is 11.8 Å². The molecule has 1 N–H and O–H groups in total. The number of para-hydroxylation sites is 1. The second kappa shape index (κ2) is 5.53. The van der Waals surface area contributed by atoms with Gasteiger partial charge in [-0.05, 0) is 36.5 Å². The molecular formula is C22H17N3O4. The maximum atomic E-state index is 12.7. The lowest BCUT2D eigenvalue weighted by Crippen LogP contribution is -2.31. The summed E-state index contributed by atoms with van der Waals surface area (Å²) in [6, 6.07) is 7.66. The van der Waals surface area contributed by atoms with Gasteiger partial charge in [-0.25, -0.2) is 0 Å². The topological polar surface area (TPSA) is 88.5 Å². The van der Waals surface area contributed by atoms with Crippen molar-refractivity contribution in [2.45, 2.75) is 38.8 Å². The highest BCUT2D eigenvalue weighted by Gasteiger charge is 2.38. The number of benzene rings is 2. The van der Waals surface area contributed by atoms with E-state index in [2.05, 4.69) is 5.32 Å². The summed E-state index contributed by atoms with van der Waals surface area (Å²) >= 11 is 0. The van der Waals surface area contributed by atoms with Crippen LogP contribution in [0.1, 0.15) is 51.1 Å². The van der Waals surface area contributed by atoms with Crippen molar-refractivity contribution in [3.8, 4) is 0 Å². The molecule has 0 atom stereocenters. The fourth-order valence-electron chi connectivity index (χ4n) is 5.20. The van der Waals surface area contributed by atoms with Gasteiger partial charge in [-0.3, -0.25) is 29.4 Å². The second-order valence-electron chi connectivity index (χ2n) is 7.87. The molecule has 0 radical (unpaired) electrons. The smallest absolute Gasteiger partial charge is 0.259 e. The number of nitrogens with one attached hydrogen (secondary N) is 1. The zero-order chi connectivity index (χ0) is 19.9. The van der Waals surface area contributed by atoms with Gasteiger partial charge in [0.15, 0.2) is 0 Å². The van der Waals surface area contributed by atoms with Gasteiger partial charge in [0, 0.05) is 23.6 Å². The summed E-state index contributed by atoms with van der Waals surface area (Å²) in [5.74, 6) is -1.05. The van der Waals surface area contributed by atoms with Crippen LogP contribution in [0.5, 0.6) is 0 Å². The van der Waals surface area contributed by atoms with Crippen LogP contribution in [-0.2, 0) is 29.1 Å². The molecule has 29 heavy (non-hydrogen) atoms. The summed E-state index contributed by atoms with van der Waals surface area (Å²) in [4.78, 5) is 51.1. The van der Waals surface area contributed by atoms with Crippen molar-refractivity contribution in [3.05, 3.63) is 46.5 Å². The molecule has 4 amide bonds. The van der Waals surface area contributed by atoms with Crippen LogP contribution in [0.3, 0.4) is 0 Å². The largest absolute Gasteiger partial charge is 0.321 e. The molecular weight excluding hydrogens is 370 g/mol. The average molecular weight is 387 g/mol. The molecule has 2 aromatic carbocycles. The first kappa shape index (κ1) is 16.5. The fourth-order valence-corrected chi connectivity index (χ4v) is 5.20. The highest BCUT2D eigenvalue weighted by Crippen LogP contribution is 2.43. The Morgan fingerprint density at radius 2 is 1.52 bits per heavy atom. The Labute approximate surface area is 165 Å². The zero-order valence-electron chi connectivity index (χ0n) is 15.6. The van der Waals surface area contributed by atoms with Gasteiger partial charge in [0.05, 0.1) is 22.2 Å². The Balaban J connectivity index is 1.75. The maximum Gasteiger partial charge on any atom is 0.259 e. The van der Waals surface area contributed by atoms with E-state index in [1.54, 1.807) is 0 Å². The van der Waals surface area contributed by atoms with E-state index in [0.717, 1.165) is 52.2 Å². The lowest BCUT2D eigenvalue weighted by molar-refractivity contribution is -0.140. The summed E-state index contributed by atoms with van der Waals surface area (Å²) in [6.07, 6.45) is 2.93. The monoisotopic (exact) mass is 387 g/mol. The van der Waals surface area contributed by atoms with Crippen molar-refractivity contribution in [1.29, 1.82) is 0 Å². The lowest BCUT2D eigenvalue weighted by atomic mass is 9.93. The Bertz CT molecular complexity index is 1300. The van der Waals surface area contributed by atoms with Gasteiger partial charge in [0.1, 0.15) is 6.67 Å². The van der Waals surface area contributed by atoms with Crippen LogP contribution in [0.4, 0.5) is 0 Å². The number of aryl methyl sites for hydroxylation is 1. The van der Waals surface area contributed by atoms with Gasteiger partial charge >= 0.3 is 0 Å². The molecule has 1 saturated heterocycles. The molecule has 6 rings (SSSR count). The number of imide groups is 2. The van der Waals surface area contributed by atoms with E-state index in [-0.39, 0.29) is 43.1 Å². The predicted octanol–water partition coefficient (Wildman–Crippen LogP) is 2.27. The lowest BCUT2D eigenvalue weighted by Gasteiger charge is -2.18. The van der Waals surface area contributed by atoms with Crippen molar-refractivity contribution in [2.75, 3.05) is 0 Å². The number of carbonyl (C=O) groups is 4. The summed E-state index contributed by atoms with van der Waals surface area (Å²) in [7, 11) is 0. The van der Waals surface area contributed by atoms with E-state index in [9.17, 15) is 19.2 Å². The number of hydrogen-bond acceptors (Lipinski definition) is 4. The summed E-state index contributed by atoms with van der Waals surface area (Å²) < 4.78 is 1.98. The van der Waals surface area contributed by atoms with E-state index >= 15 is 0 Å². The molecule has 144 valence electrons. The van der Waals surface area contributed by atoms with Crippen molar-refractivity contribution in [3.63, 3.8) is 0 Å². The van der Waals surface area contributed by atoms with E-state index in [1.807, 2.05) is 28.8 Å². The van der Waals surface area contributed by atoms with Crippen molar-refractivity contribution in [1.82, 2.24) is 14.8 Å². The first-order chi connectivity index (χ1) is 14.1. The van der Waals surface area contributed by atoms with E-state index in [4.69, 9.17) is 0 Å². The van der Waals surface area contributed by atoms with Crippen LogP contribution < -0.4 is 5.32 Å². The molecule has 3 aliphatic rings. The van der Waals surface area contributed by atoms with Crippen LogP contribution in [0.25, 0.3) is 21.8 Å². The maximum absolute atomic E-state index is 12.7. The molecule has 3 aromatic rings. The summed E-state index contributed by atoms with van der Waals surface area (Å²) in [5.41, 5.74) is 4.64. The third-order valence-corrected chi connectivity index (χ3v) is 6.40. The third-order valence-electron chi connectivity index (χ3n) is 6.40. The van der Waals surface area contributed by atoms with Crippen LogP contribution >= 0.6 is 0 Å². The number of rotatable bonds is 2. The molecule has 2 aliphatic heterocycles. The van der Waals surface area contributed by atoms with Gasteiger partial charge in [-0.2, -0.15) is 0 Å². The Morgan fingerprint density at radius 1 is 0.828 bits per heavy atom. The SMILES string of the molecule is O=C1NC(=O)c2c1c1c(c3c2c2ccccc2n3CN2C(=O)CCC2=O)CCC1. The minimum Gasteiger partial charge on any atom is -0.321 e. The Hall–Kier alpha value is -3.48. The van der Waals surface area contributed by atoms with Gasteiger partial charge in [-0.15, -0.1) is 0 Å². The van der Waals surface area contributed by atoms with E-state index < -0.39 is 0 Å². The predicted molar refractivity (Wildman–Crippen MR) is 104 cm³/mol. The Kier molecular flexibility index (Phi) is 3.14. The minimum absolute atomic E-state index is 0.127. The van der Waals surface area contributed by atoms with E-state index in [0.29, 0.717) is 11.1 Å². The number of carbonyl (C=O) groups excluding carboxylic acids is 4. The molecule has 0 spiro atoms. The molecule has 1 aliphatic carbocycles. The number of likely N-dealkylation sites (tertiary alicyclic amines) is 1. The van der Waals surface area contributed by atoms with Crippen LogP contribution in [-0.4, -0.2) is 33.1 Å². The molecule has 0 bridgehead atoms. The number of aromatic nitrogens is 1. The normalized spacial score (nSPS) is 18.3. The average Bonchev–Trinajstić information content (AvgIpc) is 3.44. The molecule has 3 heterocycles. The van der Waals surface area contributed by atoms with E-state index in [1.165, 1.54) is 4.90 Å². The number of nitrogens with zero attached hydrogens (tertiary/aromatic N) is 2. The standard InChI is InChI=1S/C22H17N3O4/c26-15-8-9-16(27)25(15)10-24-14-7-2-1-4-13(14)17-19-18(21(28)23-22(19)29)11-5-3-6-12(11)20(17)24/h1-2,4,7H,3,5-6,8-10H2,(H,23,28,29). The Morgan fingerprint density at radius 3 is 2.31 bits per heavy atom. The van der Waals surface area contributed by atoms with Gasteiger partial charge < -0.3 is 4.57 Å². The highest BCUT2D eigenvalue weighted by molar-refractivity contribution is 6.31. The highest BCUT2D eigenvalue weighted by atomic mass is 16.2. The quantitative estimate of drug-likeness (QED) is 0.684. The molecule has 0 unspecified atom stereocenters. The van der Waals surface area contributed by atoms with Crippen molar-refractivity contribution < 1.29 is 19.2 Å². The molecule has 1 fully saturated rings.